The van der Waals surface area contributed by atoms with Crippen molar-refractivity contribution in [3.8, 4) is 34.0 Å². The van der Waals surface area contributed by atoms with Crippen LogP contribution in [0.3, 0.4) is 0 Å². The second-order valence-electron chi connectivity index (χ2n) is 8.41. The van der Waals surface area contributed by atoms with Gasteiger partial charge in [0.2, 0.25) is 5.88 Å². The normalized spacial score (nSPS) is 25.2. The van der Waals surface area contributed by atoms with E-state index in [-0.39, 0.29) is 11.8 Å². The molecule has 7 heteroatoms. The Labute approximate surface area is 180 Å². The fourth-order valence-electron chi connectivity index (χ4n) is 4.61. The highest BCUT2D eigenvalue weighted by Crippen LogP contribution is 2.34. The Morgan fingerprint density at radius 3 is 2.71 bits per heavy atom. The summed E-state index contributed by atoms with van der Waals surface area (Å²) in [6, 6.07) is 12.9. The molecule has 2 aliphatic rings. The van der Waals surface area contributed by atoms with Crippen molar-refractivity contribution in [3.05, 3.63) is 54.4 Å². The third kappa shape index (κ3) is 4.10. The molecule has 3 aromatic rings. The van der Waals surface area contributed by atoms with E-state index < -0.39 is 12.3 Å². The number of piperidine rings is 2. The van der Waals surface area contributed by atoms with Gasteiger partial charge in [0.05, 0.1) is 5.69 Å². The Morgan fingerprint density at radius 2 is 1.94 bits per heavy atom. The van der Waals surface area contributed by atoms with Crippen LogP contribution < -0.4 is 10.1 Å². The molecular formula is C24H25FN4O2. The number of alkyl halides is 1. The Bertz CT molecular complexity index is 1080. The molecule has 2 aromatic heterocycles. The van der Waals surface area contributed by atoms with Crippen molar-refractivity contribution in [2.24, 2.45) is 0 Å². The van der Waals surface area contributed by atoms with Crippen molar-refractivity contribution in [3.63, 3.8) is 0 Å². The van der Waals surface area contributed by atoms with Gasteiger partial charge in [0.25, 0.3) is 0 Å². The minimum atomic E-state index is -1.05. The molecule has 2 fully saturated rings. The fraction of sp³-hybridized carbons (Fsp3) is 0.375. The molecule has 0 radical (unpaired) electrons. The topological polar surface area (TPSA) is 80.2 Å². The van der Waals surface area contributed by atoms with E-state index in [1.54, 1.807) is 24.4 Å². The van der Waals surface area contributed by atoms with E-state index in [0.717, 1.165) is 36.1 Å². The summed E-state index contributed by atoms with van der Waals surface area (Å²) in [7, 11) is 0. The highest BCUT2D eigenvalue weighted by Gasteiger charge is 2.41. The number of aryl methyl sites for hydroxylation is 1. The second-order valence-corrected chi connectivity index (χ2v) is 8.41. The third-order valence-corrected chi connectivity index (χ3v) is 6.19. The Balaban J connectivity index is 1.32. The zero-order valence-electron chi connectivity index (χ0n) is 17.3. The minimum Gasteiger partial charge on any atom is -0.507 e. The molecule has 0 saturated carbocycles. The summed E-state index contributed by atoms with van der Waals surface area (Å²) in [6.45, 7) is 1.93. The average Bonchev–Trinajstić information content (AvgIpc) is 2.78. The first-order valence-electron chi connectivity index (χ1n) is 10.7. The van der Waals surface area contributed by atoms with Crippen LogP contribution in [0.1, 0.15) is 31.4 Å². The number of rotatable bonds is 4. The van der Waals surface area contributed by atoms with Gasteiger partial charge in [-0.3, -0.25) is 4.98 Å². The number of aromatic nitrogens is 3. The molecule has 1 aromatic carbocycles. The number of benzene rings is 1. The SMILES string of the molecule is Cc1cc(-c2ccc(-c3ccc(O[C@@H]4CC5CCCC(N5)[C@@H]4F)nn3)c(O)c2)ccn1. The lowest BCUT2D eigenvalue weighted by Crippen LogP contribution is -2.59. The van der Waals surface area contributed by atoms with Crippen LogP contribution in [0.5, 0.6) is 11.6 Å². The van der Waals surface area contributed by atoms with Gasteiger partial charge in [-0.15, -0.1) is 10.2 Å². The maximum atomic E-state index is 14.7. The van der Waals surface area contributed by atoms with Gasteiger partial charge in [0.15, 0.2) is 6.17 Å². The molecule has 160 valence electrons. The molecular weight excluding hydrogens is 395 g/mol. The van der Waals surface area contributed by atoms with Gasteiger partial charge in [-0.05, 0) is 61.2 Å². The number of phenols is 1. The maximum absolute atomic E-state index is 14.7. The van der Waals surface area contributed by atoms with Crippen molar-refractivity contribution in [1.29, 1.82) is 0 Å². The number of hydrogen-bond donors (Lipinski definition) is 2. The smallest absolute Gasteiger partial charge is 0.233 e. The zero-order chi connectivity index (χ0) is 21.4. The summed E-state index contributed by atoms with van der Waals surface area (Å²) in [6.07, 6.45) is 3.79. The molecule has 0 spiro atoms. The van der Waals surface area contributed by atoms with Crippen molar-refractivity contribution in [2.45, 2.75) is 57.0 Å². The van der Waals surface area contributed by atoms with E-state index in [1.165, 1.54) is 0 Å². The van der Waals surface area contributed by atoms with Crippen LogP contribution in [0.2, 0.25) is 0 Å². The Kier molecular flexibility index (Phi) is 5.28. The standard InChI is InChI=1S/C24H25FN4O2/c1-14-11-16(9-10-26-14)15-5-6-18(21(30)12-15)19-7-8-23(29-28-19)31-22-13-17-3-2-4-20(27-17)24(22)25/h5-12,17,20,22,24,27,30H,2-4,13H2,1H3/t17?,20?,22-,24+/m1/s1. The van der Waals surface area contributed by atoms with Crippen LogP contribution in [0.4, 0.5) is 4.39 Å². The zero-order valence-corrected chi connectivity index (χ0v) is 17.3. The van der Waals surface area contributed by atoms with Crippen molar-refractivity contribution < 1.29 is 14.2 Å². The number of aromatic hydroxyl groups is 1. The molecule has 6 nitrogen and oxygen atoms in total. The van der Waals surface area contributed by atoms with Gasteiger partial charge in [0.1, 0.15) is 11.9 Å². The Hall–Kier alpha value is -3.06. The van der Waals surface area contributed by atoms with E-state index in [9.17, 15) is 9.50 Å². The van der Waals surface area contributed by atoms with E-state index >= 15 is 0 Å². The first-order chi connectivity index (χ1) is 15.1. The predicted octanol–water partition coefficient (Wildman–Crippen LogP) is 4.22. The molecule has 2 aliphatic heterocycles. The minimum absolute atomic E-state index is 0.116. The summed E-state index contributed by atoms with van der Waals surface area (Å²) in [5, 5.41) is 22.3. The molecule has 4 atom stereocenters. The van der Waals surface area contributed by atoms with E-state index in [1.807, 2.05) is 31.2 Å². The first-order valence-corrected chi connectivity index (χ1v) is 10.7. The number of nitrogens with one attached hydrogen (secondary N) is 1. The Morgan fingerprint density at radius 1 is 1.06 bits per heavy atom. The number of hydrogen-bond acceptors (Lipinski definition) is 6. The monoisotopic (exact) mass is 420 g/mol. The van der Waals surface area contributed by atoms with Crippen molar-refractivity contribution in [2.75, 3.05) is 0 Å². The maximum Gasteiger partial charge on any atom is 0.233 e. The van der Waals surface area contributed by atoms with Gasteiger partial charge in [-0.1, -0.05) is 12.5 Å². The van der Waals surface area contributed by atoms with Crippen molar-refractivity contribution >= 4 is 0 Å². The average molecular weight is 420 g/mol. The van der Waals surface area contributed by atoms with E-state index in [4.69, 9.17) is 4.74 Å². The molecule has 2 unspecified atom stereocenters. The van der Waals surface area contributed by atoms with Gasteiger partial charge in [0, 0.05) is 42.0 Å². The molecule has 4 heterocycles. The van der Waals surface area contributed by atoms with E-state index in [2.05, 4.69) is 20.5 Å². The summed E-state index contributed by atoms with van der Waals surface area (Å²) < 4.78 is 20.6. The number of halogens is 1. The molecule has 5 rings (SSSR count). The number of phenolic OH excluding ortho intramolecular Hbond substituents is 1. The van der Waals surface area contributed by atoms with Gasteiger partial charge in [-0.25, -0.2) is 4.39 Å². The molecule has 0 amide bonds. The highest BCUT2D eigenvalue weighted by atomic mass is 19.1. The first kappa shape index (κ1) is 19.9. The third-order valence-electron chi connectivity index (χ3n) is 6.19. The van der Waals surface area contributed by atoms with Crippen molar-refractivity contribution in [1.82, 2.24) is 20.5 Å². The van der Waals surface area contributed by atoms with Crippen LogP contribution >= 0.6 is 0 Å². The van der Waals surface area contributed by atoms with Crippen LogP contribution in [0, 0.1) is 6.92 Å². The largest absolute Gasteiger partial charge is 0.507 e. The molecule has 2 bridgehead atoms. The summed E-state index contributed by atoms with van der Waals surface area (Å²) >= 11 is 0. The fourth-order valence-corrected chi connectivity index (χ4v) is 4.61. The van der Waals surface area contributed by atoms with Gasteiger partial charge < -0.3 is 15.2 Å². The number of nitrogens with zero attached hydrogens (tertiary/aromatic N) is 3. The number of fused-ring (bicyclic) bond motifs is 2. The predicted molar refractivity (Wildman–Crippen MR) is 116 cm³/mol. The number of pyridine rings is 1. The molecule has 2 saturated heterocycles. The summed E-state index contributed by atoms with van der Waals surface area (Å²) in [4.78, 5) is 4.20. The summed E-state index contributed by atoms with van der Waals surface area (Å²) in [5.74, 6) is 0.421. The lowest BCUT2D eigenvalue weighted by atomic mass is 9.84. The summed E-state index contributed by atoms with van der Waals surface area (Å²) in [5.41, 5.74) is 3.90. The molecule has 2 N–H and O–H groups in total. The highest BCUT2D eigenvalue weighted by molar-refractivity contribution is 5.74. The van der Waals surface area contributed by atoms with Crippen LogP contribution in [0.25, 0.3) is 22.4 Å². The lowest BCUT2D eigenvalue weighted by Gasteiger charge is -2.42. The van der Waals surface area contributed by atoms with Gasteiger partial charge in [-0.2, -0.15) is 0 Å². The quantitative estimate of drug-likeness (QED) is 0.658. The van der Waals surface area contributed by atoms with Crippen LogP contribution in [0.15, 0.2) is 48.7 Å². The molecule has 0 aliphatic carbocycles. The lowest BCUT2D eigenvalue weighted by molar-refractivity contribution is 0.00652. The van der Waals surface area contributed by atoms with Crippen LogP contribution in [-0.4, -0.2) is 44.6 Å². The van der Waals surface area contributed by atoms with E-state index in [0.29, 0.717) is 29.6 Å². The van der Waals surface area contributed by atoms with Gasteiger partial charge >= 0.3 is 0 Å². The second kappa shape index (κ2) is 8.23. The number of ether oxygens (including phenoxy) is 1. The molecule has 31 heavy (non-hydrogen) atoms. The van der Waals surface area contributed by atoms with Crippen LogP contribution in [-0.2, 0) is 0 Å².